The summed E-state index contributed by atoms with van der Waals surface area (Å²) in [7, 11) is 0. The van der Waals surface area contributed by atoms with Crippen LogP contribution in [0.15, 0.2) is 30.3 Å². The van der Waals surface area contributed by atoms with Crippen molar-refractivity contribution in [2.24, 2.45) is 46.3 Å². The lowest BCUT2D eigenvalue weighted by molar-refractivity contribution is -0.139. The van der Waals surface area contributed by atoms with Crippen molar-refractivity contribution in [3.8, 4) is 6.07 Å². The molecule has 1 aromatic rings. The summed E-state index contributed by atoms with van der Waals surface area (Å²) in [6.07, 6.45) is 9.64. The molecule has 0 spiro atoms. The highest BCUT2D eigenvalue weighted by Gasteiger charge is 2.61. The van der Waals surface area contributed by atoms with Crippen molar-refractivity contribution in [1.82, 2.24) is 0 Å². The highest BCUT2D eigenvalue weighted by Crippen LogP contribution is 2.67. The Hall–Kier alpha value is -1.82. The molecule has 0 heterocycles. The summed E-state index contributed by atoms with van der Waals surface area (Å²) < 4.78 is 6.06. The van der Waals surface area contributed by atoms with Gasteiger partial charge in [-0.25, -0.2) is 4.79 Å². The second-order valence-electron chi connectivity index (χ2n) is 11.7. The Morgan fingerprint density at radius 3 is 2.52 bits per heavy atom. The number of carbonyl (C=O) groups excluding carboxylic acids is 1. The van der Waals surface area contributed by atoms with Gasteiger partial charge in [-0.05, 0) is 104 Å². The summed E-state index contributed by atoms with van der Waals surface area (Å²) in [6.45, 7) is 7.27. The predicted molar refractivity (Wildman–Crippen MR) is 121 cm³/mol. The molecule has 166 valence electrons. The van der Waals surface area contributed by atoms with Gasteiger partial charge >= 0.3 is 5.97 Å². The third-order valence-corrected chi connectivity index (χ3v) is 10.4. The van der Waals surface area contributed by atoms with Crippen molar-refractivity contribution in [2.45, 2.75) is 78.2 Å². The van der Waals surface area contributed by atoms with E-state index in [0.717, 1.165) is 37.0 Å². The lowest BCUT2D eigenvalue weighted by Crippen LogP contribution is -2.55. The lowest BCUT2D eigenvalue weighted by atomic mass is 9.44. The molecule has 4 aliphatic carbocycles. The van der Waals surface area contributed by atoms with Gasteiger partial charge in [-0.2, -0.15) is 5.26 Å². The van der Waals surface area contributed by atoms with Crippen LogP contribution in [-0.2, 0) is 4.74 Å². The van der Waals surface area contributed by atoms with Crippen LogP contribution in [0.1, 0.15) is 82.5 Å². The van der Waals surface area contributed by atoms with Crippen LogP contribution < -0.4 is 0 Å². The minimum Gasteiger partial charge on any atom is -0.458 e. The van der Waals surface area contributed by atoms with E-state index in [-0.39, 0.29) is 23.4 Å². The molecule has 4 fully saturated rings. The normalized spacial score (nSPS) is 46.2. The van der Waals surface area contributed by atoms with E-state index in [2.05, 4.69) is 26.8 Å². The van der Waals surface area contributed by atoms with E-state index in [4.69, 9.17) is 4.74 Å². The highest BCUT2D eigenvalue weighted by atomic mass is 16.5. The second-order valence-corrected chi connectivity index (χ2v) is 11.7. The molecule has 31 heavy (non-hydrogen) atoms. The quantitative estimate of drug-likeness (QED) is 0.505. The van der Waals surface area contributed by atoms with Crippen LogP contribution in [-0.4, -0.2) is 12.1 Å². The fraction of sp³-hybridized carbons (Fsp3) is 0.714. The number of rotatable bonds is 2. The molecule has 5 rings (SSSR count). The average molecular weight is 420 g/mol. The Morgan fingerprint density at radius 1 is 1.03 bits per heavy atom. The molecular formula is C28H37NO2. The van der Waals surface area contributed by atoms with Crippen molar-refractivity contribution in [3.05, 3.63) is 35.9 Å². The average Bonchev–Trinajstić information content (AvgIpc) is 3.11. The maximum absolute atomic E-state index is 12.7. The Morgan fingerprint density at radius 2 is 1.77 bits per heavy atom. The summed E-state index contributed by atoms with van der Waals surface area (Å²) in [5.74, 6) is 3.43. The standard InChI is InChI=1S/C28H37NO2/c1-18-16-28(3)20(15-25(18)31-26(30)19-7-5-4-6-8-19)9-11-22-23-12-10-21(17-29)27(23,2)14-13-24(22)28/h4-8,18,20-25H,9-16H2,1-3H3. The predicted octanol–water partition coefficient (Wildman–Crippen LogP) is 6.64. The topological polar surface area (TPSA) is 50.1 Å². The van der Waals surface area contributed by atoms with Gasteiger partial charge in [0.15, 0.2) is 0 Å². The van der Waals surface area contributed by atoms with Gasteiger partial charge in [-0.3, -0.25) is 0 Å². The summed E-state index contributed by atoms with van der Waals surface area (Å²) in [5, 5.41) is 9.73. The Kier molecular flexibility index (Phi) is 5.19. The number of nitriles is 1. The lowest BCUT2D eigenvalue weighted by Gasteiger charge is -2.61. The second kappa shape index (κ2) is 7.65. The zero-order chi connectivity index (χ0) is 21.8. The molecule has 0 bridgehead atoms. The maximum Gasteiger partial charge on any atom is 0.338 e. The zero-order valence-electron chi connectivity index (χ0n) is 19.3. The molecule has 1 aromatic carbocycles. The molecule has 0 saturated heterocycles. The van der Waals surface area contributed by atoms with Crippen LogP contribution in [0.4, 0.5) is 0 Å². The van der Waals surface area contributed by atoms with E-state index in [1.807, 2.05) is 30.3 Å². The molecule has 0 aliphatic heterocycles. The van der Waals surface area contributed by atoms with Crippen molar-refractivity contribution in [1.29, 1.82) is 5.26 Å². The molecule has 0 amide bonds. The number of hydrogen-bond donors (Lipinski definition) is 0. The van der Waals surface area contributed by atoms with Gasteiger partial charge in [-0.15, -0.1) is 0 Å². The minimum atomic E-state index is -0.170. The number of benzene rings is 1. The fourth-order valence-corrected chi connectivity index (χ4v) is 8.73. The maximum atomic E-state index is 12.7. The summed E-state index contributed by atoms with van der Waals surface area (Å²) >= 11 is 0. The molecule has 0 aromatic heterocycles. The first-order chi connectivity index (χ1) is 14.9. The van der Waals surface area contributed by atoms with Gasteiger partial charge in [0.1, 0.15) is 6.10 Å². The van der Waals surface area contributed by atoms with E-state index < -0.39 is 0 Å². The molecule has 3 nitrogen and oxygen atoms in total. The Balaban J connectivity index is 1.32. The van der Waals surface area contributed by atoms with Crippen molar-refractivity contribution < 1.29 is 9.53 Å². The molecular weight excluding hydrogens is 382 g/mol. The van der Waals surface area contributed by atoms with E-state index in [0.29, 0.717) is 22.8 Å². The summed E-state index contributed by atoms with van der Waals surface area (Å²) in [4.78, 5) is 12.7. The van der Waals surface area contributed by atoms with Gasteiger partial charge in [0.2, 0.25) is 0 Å². The Labute approximate surface area is 187 Å². The number of hydrogen-bond acceptors (Lipinski definition) is 3. The van der Waals surface area contributed by atoms with Crippen molar-refractivity contribution >= 4 is 5.97 Å². The number of fused-ring (bicyclic) bond motifs is 5. The van der Waals surface area contributed by atoms with Crippen molar-refractivity contribution in [3.63, 3.8) is 0 Å². The number of esters is 1. The van der Waals surface area contributed by atoms with Gasteiger partial charge in [-0.1, -0.05) is 39.0 Å². The fourth-order valence-electron chi connectivity index (χ4n) is 8.73. The molecule has 0 radical (unpaired) electrons. The van der Waals surface area contributed by atoms with Gasteiger partial charge in [0.25, 0.3) is 0 Å². The van der Waals surface area contributed by atoms with Crippen LogP contribution in [0.5, 0.6) is 0 Å². The first kappa shape index (κ1) is 21.0. The van der Waals surface area contributed by atoms with E-state index in [1.54, 1.807) is 0 Å². The number of ether oxygens (including phenoxy) is 1. The van der Waals surface area contributed by atoms with E-state index >= 15 is 0 Å². The van der Waals surface area contributed by atoms with Crippen molar-refractivity contribution in [2.75, 3.05) is 0 Å². The van der Waals surface area contributed by atoms with Crippen LogP contribution >= 0.6 is 0 Å². The minimum absolute atomic E-state index is 0.0330. The molecule has 9 unspecified atom stereocenters. The Bertz CT molecular complexity index is 875. The molecule has 4 saturated carbocycles. The van der Waals surface area contributed by atoms with E-state index in [9.17, 15) is 10.1 Å². The third-order valence-electron chi connectivity index (χ3n) is 10.4. The summed E-state index contributed by atoms with van der Waals surface area (Å²) in [6, 6.07) is 12.1. The summed E-state index contributed by atoms with van der Waals surface area (Å²) in [5.41, 5.74) is 1.25. The third kappa shape index (κ3) is 3.24. The first-order valence-corrected chi connectivity index (χ1v) is 12.5. The van der Waals surface area contributed by atoms with E-state index in [1.165, 1.54) is 32.1 Å². The number of nitrogens with zero attached hydrogens (tertiary/aromatic N) is 1. The molecule has 0 N–H and O–H groups in total. The van der Waals surface area contributed by atoms with Gasteiger partial charge in [0, 0.05) is 0 Å². The zero-order valence-corrected chi connectivity index (χ0v) is 19.3. The largest absolute Gasteiger partial charge is 0.458 e. The van der Waals surface area contributed by atoms with Crippen LogP contribution in [0, 0.1) is 57.7 Å². The highest BCUT2D eigenvalue weighted by molar-refractivity contribution is 5.89. The molecule has 9 atom stereocenters. The SMILES string of the molecule is CC1CC2(C)C(CCC3C4CCC(C#N)C4(C)CCC32)CC1OC(=O)c1ccccc1. The van der Waals surface area contributed by atoms with Gasteiger partial charge in [0.05, 0.1) is 17.6 Å². The van der Waals surface area contributed by atoms with Crippen LogP contribution in [0.2, 0.25) is 0 Å². The van der Waals surface area contributed by atoms with Crippen LogP contribution in [0.3, 0.4) is 0 Å². The first-order valence-electron chi connectivity index (χ1n) is 12.5. The molecule has 3 heteroatoms. The van der Waals surface area contributed by atoms with Crippen LogP contribution in [0.25, 0.3) is 0 Å². The smallest absolute Gasteiger partial charge is 0.338 e. The monoisotopic (exact) mass is 419 g/mol. The van der Waals surface area contributed by atoms with Gasteiger partial charge < -0.3 is 4.74 Å². The number of carbonyl (C=O) groups is 1. The molecule has 4 aliphatic rings.